The summed E-state index contributed by atoms with van der Waals surface area (Å²) in [5.74, 6) is -0.584. The topological polar surface area (TPSA) is 75.6 Å². The van der Waals surface area contributed by atoms with Gasteiger partial charge < -0.3 is 15.2 Å². The fraction of sp³-hybridized carbons (Fsp3) is 0.125. The molecule has 5 heteroatoms. The zero-order valence-electron chi connectivity index (χ0n) is 11.3. The smallest absolute Gasteiger partial charge is 0.335 e. The number of ether oxygens (including phenoxy) is 1. The molecule has 2 aromatic carbocycles. The fourth-order valence-electron chi connectivity index (χ4n) is 1.70. The quantitative estimate of drug-likeness (QED) is 0.855. The van der Waals surface area contributed by atoms with Gasteiger partial charge in [-0.15, -0.1) is 0 Å². The lowest BCUT2D eigenvalue weighted by Gasteiger charge is -2.07. The molecule has 0 spiro atoms. The summed E-state index contributed by atoms with van der Waals surface area (Å²) in [7, 11) is 0. The predicted molar refractivity (Wildman–Crippen MR) is 78.6 cm³/mol. The van der Waals surface area contributed by atoms with E-state index in [2.05, 4.69) is 5.32 Å². The van der Waals surface area contributed by atoms with Gasteiger partial charge in [0.1, 0.15) is 5.75 Å². The molecule has 0 fully saturated rings. The number of rotatable bonds is 6. The summed E-state index contributed by atoms with van der Waals surface area (Å²) >= 11 is 0. The van der Waals surface area contributed by atoms with Crippen molar-refractivity contribution >= 4 is 17.6 Å². The van der Waals surface area contributed by atoms with Crippen LogP contribution in [0.15, 0.2) is 54.6 Å². The van der Waals surface area contributed by atoms with Crippen molar-refractivity contribution in [3.8, 4) is 5.75 Å². The Labute approximate surface area is 122 Å². The van der Waals surface area contributed by atoms with Gasteiger partial charge in [-0.05, 0) is 36.4 Å². The molecule has 0 radical (unpaired) electrons. The number of carbonyl (C=O) groups is 2. The third-order valence-electron chi connectivity index (χ3n) is 2.76. The van der Waals surface area contributed by atoms with Crippen LogP contribution >= 0.6 is 0 Å². The van der Waals surface area contributed by atoms with E-state index in [1.807, 2.05) is 30.3 Å². The Morgan fingerprint density at radius 3 is 2.29 bits per heavy atom. The number of anilines is 1. The van der Waals surface area contributed by atoms with Crippen LogP contribution in [0.5, 0.6) is 5.75 Å². The van der Waals surface area contributed by atoms with Gasteiger partial charge in [0.25, 0.3) is 0 Å². The van der Waals surface area contributed by atoms with E-state index in [0.717, 1.165) is 5.69 Å². The second-order valence-corrected chi connectivity index (χ2v) is 4.34. The molecule has 0 heterocycles. The Kier molecular flexibility index (Phi) is 4.93. The molecular formula is C16H15NO4. The molecule has 0 aromatic heterocycles. The molecule has 0 saturated heterocycles. The van der Waals surface area contributed by atoms with Crippen molar-refractivity contribution < 1.29 is 19.4 Å². The number of para-hydroxylation sites is 1. The molecule has 1 amide bonds. The van der Waals surface area contributed by atoms with Crippen molar-refractivity contribution in [1.82, 2.24) is 0 Å². The highest BCUT2D eigenvalue weighted by Crippen LogP contribution is 2.12. The molecule has 0 aliphatic rings. The van der Waals surface area contributed by atoms with Crippen LogP contribution in [0.2, 0.25) is 0 Å². The van der Waals surface area contributed by atoms with Gasteiger partial charge >= 0.3 is 5.97 Å². The second kappa shape index (κ2) is 7.09. The first-order valence-corrected chi connectivity index (χ1v) is 6.46. The molecule has 2 aromatic rings. The maximum atomic E-state index is 11.7. The summed E-state index contributed by atoms with van der Waals surface area (Å²) in [6.45, 7) is 0.227. The van der Waals surface area contributed by atoms with Gasteiger partial charge in [0.05, 0.1) is 18.6 Å². The van der Waals surface area contributed by atoms with E-state index in [1.54, 1.807) is 12.1 Å². The van der Waals surface area contributed by atoms with Crippen LogP contribution in [0.1, 0.15) is 16.8 Å². The number of carbonyl (C=O) groups excluding carboxylic acids is 1. The summed E-state index contributed by atoms with van der Waals surface area (Å²) in [4.78, 5) is 22.4. The lowest BCUT2D eigenvalue weighted by molar-refractivity contribution is -0.116. The molecule has 0 aliphatic carbocycles. The van der Waals surface area contributed by atoms with Crippen LogP contribution in [0.3, 0.4) is 0 Å². The molecule has 0 saturated carbocycles. The summed E-state index contributed by atoms with van der Waals surface area (Å²) in [5, 5.41) is 11.5. The molecular weight excluding hydrogens is 270 g/mol. The second-order valence-electron chi connectivity index (χ2n) is 4.34. The average Bonchev–Trinajstić information content (AvgIpc) is 2.49. The van der Waals surface area contributed by atoms with Crippen LogP contribution in [-0.2, 0) is 4.79 Å². The van der Waals surface area contributed by atoms with Crippen molar-refractivity contribution in [2.24, 2.45) is 0 Å². The number of carboxylic acid groups (broad SMARTS) is 1. The lowest BCUT2D eigenvalue weighted by atomic mass is 10.2. The van der Waals surface area contributed by atoms with Crippen molar-refractivity contribution in [3.63, 3.8) is 0 Å². The minimum Gasteiger partial charge on any atom is -0.493 e. The molecule has 5 nitrogen and oxygen atoms in total. The number of hydrogen-bond acceptors (Lipinski definition) is 3. The summed E-state index contributed by atoms with van der Waals surface area (Å²) < 4.78 is 5.40. The Morgan fingerprint density at radius 1 is 1.00 bits per heavy atom. The fourth-order valence-corrected chi connectivity index (χ4v) is 1.70. The normalized spacial score (nSPS) is 9.90. The average molecular weight is 285 g/mol. The first-order chi connectivity index (χ1) is 10.1. The van der Waals surface area contributed by atoms with E-state index in [0.29, 0.717) is 5.75 Å². The maximum absolute atomic E-state index is 11.7. The number of hydrogen-bond donors (Lipinski definition) is 2. The Balaban J connectivity index is 1.76. The third kappa shape index (κ3) is 4.65. The third-order valence-corrected chi connectivity index (χ3v) is 2.76. The predicted octanol–water partition coefficient (Wildman–Crippen LogP) is 2.79. The van der Waals surface area contributed by atoms with Crippen LogP contribution in [-0.4, -0.2) is 23.6 Å². The van der Waals surface area contributed by atoms with Gasteiger partial charge in [0.2, 0.25) is 5.91 Å². The van der Waals surface area contributed by atoms with Gasteiger partial charge in [-0.2, -0.15) is 0 Å². The summed E-state index contributed by atoms with van der Waals surface area (Å²) in [6, 6.07) is 15.2. The zero-order chi connectivity index (χ0) is 15.1. The number of carboxylic acids is 1. The zero-order valence-corrected chi connectivity index (χ0v) is 11.3. The minimum absolute atomic E-state index is 0.136. The molecule has 0 atom stereocenters. The van der Waals surface area contributed by atoms with E-state index in [1.165, 1.54) is 12.1 Å². The van der Waals surface area contributed by atoms with Gasteiger partial charge in [-0.25, -0.2) is 4.79 Å². The largest absolute Gasteiger partial charge is 0.493 e. The number of benzene rings is 2. The van der Waals surface area contributed by atoms with Crippen LogP contribution in [0.4, 0.5) is 5.69 Å². The first-order valence-electron chi connectivity index (χ1n) is 6.46. The Bertz CT molecular complexity index is 608. The van der Waals surface area contributed by atoms with Gasteiger partial charge in [-0.3, -0.25) is 4.79 Å². The Hall–Kier alpha value is -2.82. The monoisotopic (exact) mass is 285 g/mol. The van der Waals surface area contributed by atoms with Crippen LogP contribution in [0, 0.1) is 0 Å². The maximum Gasteiger partial charge on any atom is 0.335 e. The van der Waals surface area contributed by atoms with E-state index < -0.39 is 5.97 Å². The molecule has 0 bridgehead atoms. The molecule has 21 heavy (non-hydrogen) atoms. The number of nitrogens with one attached hydrogen (secondary N) is 1. The van der Waals surface area contributed by atoms with Crippen LogP contribution < -0.4 is 10.1 Å². The number of amides is 1. The highest BCUT2D eigenvalue weighted by Gasteiger charge is 2.04. The molecule has 108 valence electrons. The standard InChI is InChI=1S/C16H15NO4/c18-15(17-13-4-2-1-3-5-13)10-11-21-14-8-6-12(7-9-14)16(19)20/h1-9H,10-11H2,(H,17,18)(H,19,20). The van der Waals surface area contributed by atoms with Crippen molar-refractivity contribution in [2.45, 2.75) is 6.42 Å². The SMILES string of the molecule is O=C(CCOc1ccc(C(=O)O)cc1)Nc1ccccc1. The molecule has 0 unspecified atom stereocenters. The summed E-state index contributed by atoms with van der Waals surface area (Å²) in [5.41, 5.74) is 0.942. The van der Waals surface area contributed by atoms with Gasteiger partial charge in [0.15, 0.2) is 0 Å². The van der Waals surface area contributed by atoms with E-state index in [4.69, 9.17) is 9.84 Å². The van der Waals surface area contributed by atoms with Crippen molar-refractivity contribution in [2.75, 3.05) is 11.9 Å². The summed E-state index contributed by atoms with van der Waals surface area (Å²) in [6.07, 6.45) is 0.218. The van der Waals surface area contributed by atoms with Crippen molar-refractivity contribution in [1.29, 1.82) is 0 Å². The van der Waals surface area contributed by atoms with Gasteiger partial charge in [-0.1, -0.05) is 18.2 Å². The van der Waals surface area contributed by atoms with Gasteiger partial charge in [0, 0.05) is 5.69 Å². The highest BCUT2D eigenvalue weighted by atomic mass is 16.5. The molecule has 2 rings (SSSR count). The van der Waals surface area contributed by atoms with E-state index in [-0.39, 0.29) is 24.5 Å². The first kappa shape index (κ1) is 14.6. The van der Waals surface area contributed by atoms with Crippen molar-refractivity contribution in [3.05, 3.63) is 60.2 Å². The molecule has 0 aliphatic heterocycles. The molecule has 2 N–H and O–H groups in total. The number of aromatic carboxylic acids is 1. The highest BCUT2D eigenvalue weighted by molar-refractivity contribution is 5.90. The van der Waals surface area contributed by atoms with E-state index in [9.17, 15) is 9.59 Å². The minimum atomic E-state index is -0.983. The lowest BCUT2D eigenvalue weighted by Crippen LogP contribution is -2.15. The Morgan fingerprint density at radius 2 is 1.67 bits per heavy atom. The van der Waals surface area contributed by atoms with Crippen LogP contribution in [0.25, 0.3) is 0 Å². The van der Waals surface area contributed by atoms with E-state index >= 15 is 0 Å².